The van der Waals surface area contributed by atoms with Gasteiger partial charge in [-0.3, -0.25) is 0 Å². The minimum Gasteiger partial charge on any atom is -0.598 e. The van der Waals surface area contributed by atoms with Gasteiger partial charge in [0.2, 0.25) is 0 Å². The smallest absolute Gasteiger partial charge is 0.598 e. The van der Waals surface area contributed by atoms with E-state index in [0.717, 1.165) is 0 Å². The molecule has 0 atom stereocenters. The summed E-state index contributed by atoms with van der Waals surface area (Å²) in [6.45, 7) is 6.92. The topological polar surface area (TPSA) is 94.7 Å². The molecular formula is C9H23MgO4P2+. The van der Waals surface area contributed by atoms with Crippen molar-refractivity contribution < 1.29 is 19.8 Å². The van der Waals surface area contributed by atoms with Crippen molar-refractivity contribution in [2.45, 2.75) is 40.0 Å². The predicted octanol–water partition coefficient (Wildman–Crippen LogP) is 0.857. The van der Waals surface area contributed by atoms with Crippen molar-refractivity contribution in [1.29, 1.82) is 0 Å². The zero-order valence-corrected chi connectivity index (χ0v) is 13.8. The molecule has 0 bridgehead atoms. The van der Waals surface area contributed by atoms with E-state index in [1.54, 1.807) is 0 Å². The van der Waals surface area contributed by atoms with E-state index in [9.17, 15) is 0 Å². The molecule has 0 unspecified atom stereocenters. The summed E-state index contributed by atoms with van der Waals surface area (Å²) in [4.78, 5) is 17.0. The van der Waals surface area contributed by atoms with Crippen molar-refractivity contribution in [3.63, 3.8) is 0 Å². The molecule has 0 aromatic rings. The van der Waals surface area contributed by atoms with Crippen LogP contribution in [0.2, 0.25) is 0 Å². The van der Waals surface area contributed by atoms with Gasteiger partial charge >= 0.3 is 23.1 Å². The van der Waals surface area contributed by atoms with E-state index >= 15 is 0 Å². The minimum absolute atomic E-state index is 0. The first-order valence-electron chi connectivity index (χ1n) is 5.12. The van der Waals surface area contributed by atoms with Crippen molar-refractivity contribution in [1.82, 2.24) is 0 Å². The molecule has 0 heterocycles. The minimum atomic E-state index is -3.37. The molecule has 0 fully saturated rings. The van der Waals surface area contributed by atoms with Gasteiger partial charge in [0.25, 0.3) is 8.25 Å². The second-order valence-electron chi connectivity index (χ2n) is 3.07. The maximum absolute atomic E-state index is 8.48. The largest absolute Gasteiger partial charge is 2.00 e. The maximum atomic E-state index is 8.48. The molecule has 0 saturated heterocycles. The second-order valence-corrected chi connectivity index (χ2v) is 6.20. The van der Waals surface area contributed by atoms with Crippen molar-refractivity contribution in [3.05, 3.63) is 0 Å². The van der Waals surface area contributed by atoms with Crippen LogP contribution in [0.1, 0.15) is 40.0 Å². The SMILES string of the molecule is CCCP(CCC)CCC.O.O=[P+]([O-])[O-].[Mg+2]. The number of rotatable bonds is 6. The molecule has 0 rings (SSSR count). The van der Waals surface area contributed by atoms with Gasteiger partial charge in [0.15, 0.2) is 0 Å². The molecule has 2 N–H and O–H groups in total. The average Bonchev–Trinajstić information content (AvgIpc) is 2.04. The maximum Gasteiger partial charge on any atom is 2.00 e. The third-order valence-corrected chi connectivity index (χ3v) is 4.86. The first-order valence-corrected chi connectivity index (χ1v) is 8.11. The Hall–Kier alpha value is 1.18. The molecular weight excluding hydrogens is 258 g/mol. The van der Waals surface area contributed by atoms with Gasteiger partial charge in [-0.1, -0.05) is 44.6 Å². The Bertz CT molecular complexity index is 120. The van der Waals surface area contributed by atoms with Crippen molar-refractivity contribution >= 4 is 39.2 Å². The molecule has 0 aromatic carbocycles. The molecule has 16 heavy (non-hydrogen) atoms. The Morgan fingerprint density at radius 3 is 1.25 bits per heavy atom. The van der Waals surface area contributed by atoms with Crippen LogP contribution in [0.3, 0.4) is 0 Å². The molecule has 0 radical (unpaired) electrons. The van der Waals surface area contributed by atoms with Crippen molar-refractivity contribution in [2.24, 2.45) is 0 Å². The van der Waals surface area contributed by atoms with E-state index in [2.05, 4.69) is 20.8 Å². The normalized spacial score (nSPS) is 8.38. The van der Waals surface area contributed by atoms with E-state index in [0.29, 0.717) is 7.92 Å². The van der Waals surface area contributed by atoms with Crippen molar-refractivity contribution in [2.75, 3.05) is 18.5 Å². The molecule has 0 aromatic heterocycles. The van der Waals surface area contributed by atoms with Crippen LogP contribution in [-0.4, -0.2) is 47.0 Å². The first kappa shape index (κ1) is 25.9. The van der Waals surface area contributed by atoms with Crippen LogP contribution in [-0.2, 0) is 4.57 Å². The summed E-state index contributed by atoms with van der Waals surface area (Å²) in [6.07, 6.45) is 8.72. The Balaban J connectivity index is -0.000000105. The summed E-state index contributed by atoms with van der Waals surface area (Å²) in [5.74, 6) is 0. The standard InChI is InChI=1S/C9H21P.Mg.HO3P.H2O/c1-4-7-10(8-5-2)9-6-3;;1-4(2)3;/h4-9H2,1-3H3;;(H,1,2,3);1H2/q;+2;;/p-1. The molecule has 0 saturated carbocycles. The van der Waals surface area contributed by atoms with Crippen LogP contribution in [0.5, 0.6) is 0 Å². The van der Waals surface area contributed by atoms with Crippen LogP contribution in [0.25, 0.3) is 0 Å². The van der Waals surface area contributed by atoms with Crippen LogP contribution < -0.4 is 9.79 Å². The van der Waals surface area contributed by atoms with Gasteiger partial charge in [0, 0.05) is 0 Å². The first-order chi connectivity index (χ1) is 6.58. The number of hydrogen-bond acceptors (Lipinski definition) is 3. The van der Waals surface area contributed by atoms with Gasteiger partial charge in [-0.25, -0.2) is 0 Å². The van der Waals surface area contributed by atoms with Crippen molar-refractivity contribution in [3.8, 4) is 0 Å². The fourth-order valence-corrected chi connectivity index (χ4v) is 3.85. The van der Waals surface area contributed by atoms with Crippen LogP contribution in [0.15, 0.2) is 0 Å². The summed E-state index contributed by atoms with van der Waals surface area (Å²) in [7, 11) is -2.93. The molecule has 0 aliphatic heterocycles. The molecule has 0 spiro atoms. The average molecular weight is 282 g/mol. The molecule has 4 nitrogen and oxygen atoms in total. The van der Waals surface area contributed by atoms with Gasteiger partial charge in [-0.2, -0.15) is 0 Å². The van der Waals surface area contributed by atoms with E-state index in [-0.39, 0.29) is 28.5 Å². The summed E-state index contributed by atoms with van der Waals surface area (Å²) < 4.78 is 8.48. The predicted molar refractivity (Wildman–Crippen MR) is 69.4 cm³/mol. The van der Waals surface area contributed by atoms with Gasteiger partial charge in [0.1, 0.15) is 0 Å². The van der Waals surface area contributed by atoms with Crippen LogP contribution in [0, 0.1) is 0 Å². The van der Waals surface area contributed by atoms with Crippen LogP contribution in [0.4, 0.5) is 0 Å². The summed E-state index contributed by atoms with van der Waals surface area (Å²) in [5, 5.41) is 0. The van der Waals surface area contributed by atoms with E-state index in [1.807, 2.05) is 0 Å². The summed E-state index contributed by atoms with van der Waals surface area (Å²) in [6, 6.07) is 0. The van der Waals surface area contributed by atoms with Gasteiger partial charge in [-0.15, -0.1) is 7.92 Å². The Morgan fingerprint density at radius 1 is 0.938 bits per heavy atom. The fraction of sp³-hybridized carbons (Fsp3) is 1.00. The third kappa shape index (κ3) is 29.5. The molecule has 0 aliphatic carbocycles. The van der Waals surface area contributed by atoms with E-state index < -0.39 is 8.25 Å². The zero-order chi connectivity index (χ0) is 11.4. The summed E-state index contributed by atoms with van der Waals surface area (Å²) >= 11 is 0. The molecule has 0 amide bonds. The Labute approximate surface area is 117 Å². The number of hydrogen-bond donors (Lipinski definition) is 0. The summed E-state index contributed by atoms with van der Waals surface area (Å²) in [5.41, 5.74) is 0. The Morgan fingerprint density at radius 2 is 1.12 bits per heavy atom. The van der Waals surface area contributed by atoms with Gasteiger partial charge in [0.05, 0.1) is 0 Å². The van der Waals surface area contributed by atoms with E-state index in [1.165, 1.54) is 37.7 Å². The van der Waals surface area contributed by atoms with E-state index in [4.69, 9.17) is 14.4 Å². The molecule has 0 aliphatic rings. The molecule has 7 heteroatoms. The monoisotopic (exact) mass is 281 g/mol. The molecule has 94 valence electrons. The van der Waals surface area contributed by atoms with Crippen LogP contribution >= 0.6 is 16.2 Å². The zero-order valence-electron chi connectivity index (χ0n) is 10.6. The second kappa shape index (κ2) is 21.5. The van der Waals surface area contributed by atoms with Gasteiger partial charge in [-0.05, 0) is 18.5 Å². The Kier molecular flexibility index (Phi) is 34.7. The fourth-order valence-electron chi connectivity index (χ4n) is 1.28. The third-order valence-electron chi connectivity index (χ3n) is 1.62. The quantitative estimate of drug-likeness (QED) is 0.533. The van der Waals surface area contributed by atoms with Gasteiger partial charge < -0.3 is 15.3 Å².